The number of hydrogen-bond acceptors (Lipinski definition) is 1. The van der Waals surface area contributed by atoms with Gasteiger partial charge < -0.3 is 11.1 Å². The summed E-state index contributed by atoms with van der Waals surface area (Å²) in [5.74, 6) is 0. The second-order valence-corrected chi connectivity index (χ2v) is 3.42. The van der Waals surface area contributed by atoms with Crippen molar-refractivity contribution in [3.8, 4) is 0 Å². The lowest BCUT2D eigenvalue weighted by atomic mass is 10.0. The van der Waals surface area contributed by atoms with E-state index in [-0.39, 0.29) is 6.04 Å². The third-order valence-corrected chi connectivity index (χ3v) is 2.12. The lowest BCUT2D eigenvalue weighted by Gasteiger charge is -2.15. The minimum Gasteiger partial charge on any atom is -0.352 e. The average Bonchev–Trinajstić information content (AvgIpc) is 2.18. The Bertz CT molecular complexity index is 322. The molecule has 0 radical (unpaired) electrons. The first-order valence-corrected chi connectivity index (χ1v) is 4.93. The van der Waals surface area contributed by atoms with Crippen molar-refractivity contribution in [2.24, 2.45) is 5.73 Å². The first-order chi connectivity index (χ1) is 7.22. The first-order valence-electron chi connectivity index (χ1n) is 4.93. The summed E-state index contributed by atoms with van der Waals surface area (Å²) in [6.07, 6.45) is 3.27. The molecule has 3 heteroatoms. The van der Waals surface area contributed by atoms with Gasteiger partial charge in [0, 0.05) is 6.04 Å². The molecular formula is C12H16N2O. The summed E-state index contributed by atoms with van der Waals surface area (Å²) >= 11 is 0. The Hall–Kier alpha value is -1.77. The summed E-state index contributed by atoms with van der Waals surface area (Å²) in [6, 6.07) is 9.51. The quantitative estimate of drug-likeness (QED) is 0.706. The molecule has 0 saturated heterocycles. The highest BCUT2D eigenvalue weighted by molar-refractivity contribution is 5.72. The van der Waals surface area contributed by atoms with Gasteiger partial charge in [0.05, 0.1) is 0 Å². The van der Waals surface area contributed by atoms with Crippen molar-refractivity contribution in [2.45, 2.75) is 18.9 Å². The van der Waals surface area contributed by atoms with Gasteiger partial charge in [0.1, 0.15) is 0 Å². The molecule has 1 aromatic rings. The minimum absolute atomic E-state index is 0.0300. The molecule has 0 aromatic heterocycles. The molecule has 3 nitrogen and oxygen atoms in total. The normalized spacial score (nSPS) is 11.7. The molecule has 1 unspecified atom stereocenters. The van der Waals surface area contributed by atoms with Crippen LogP contribution in [0.4, 0.5) is 4.79 Å². The van der Waals surface area contributed by atoms with Crippen molar-refractivity contribution in [3.05, 3.63) is 48.6 Å². The SMILES string of the molecule is C=CCC(Cc1ccccc1)NC(N)=O. The highest BCUT2D eigenvalue weighted by Crippen LogP contribution is 2.05. The van der Waals surface area contributed by atoms with Gasteiger partial charge in [-0.15, -0.1) is 6.58 Å². The Morgan fingerprint density at radius 2 is 2.13 bits per heavy atom. The van der Waals surface area contributed by atoms with Crippen LogP contribution in [0.15, 0.2) is 43.0 Å². The Balaban J connectivity index is 2.58. The maximum Gasteiger partial charge on any atom is 0.312 e. The highest BCUT2D eigenvalue weighted by Gasteiger charge is 2.08. The zero-order valence-corrected chi connectivity index (χ0v) is 8.65. The predicted octanol–water partition coefficient (Wildman–Crippen LogP) is 1.84. The smallest absolute Gasteiger partial charge is 0.312 e. The van der Waals surface area contributed by atoms with Crippen molar-refractivity contribution < 1.29 is 4.79 Å². The molecule has 0 aliphatic rings. The van der Waals surface area contributed by atoms with Crippen LogP contribution < -0.4 is 11.1 Å². The lowest BCUT2D eigenvalue weighted by Crippen LogP contribution is -2.39. The molecule has 0 spiro atoms. The summed E-state index contributed by atoms with van der Waals surface area (Å²) in [5, 5.41) is 2.70. The number of hydrogen-bond donors (Lipinski definition) is 2. The highest BCUT2D eigenvalue weighted by atomic mass is 16.2. The molecule has 0 aliphatic carbocycles. The largest absolute Gasteiger partial charge is 0.352 e. The fourth-order valence-electron chi connectivity index (χ4n) is 1.49. The van der Waals surface area contributed by atoms with E-state index in [2.05, 4.69) is 11.9 Å². The molecule has 1 rings (SSSR count). The predicted molar refractivity (Wildman–Crippen MR) is 61.5 cm³/mol. The maximum absolute atomic E-state index is 10.8. The van der Waals surface area contributed by atoms with E-state index in [1.807, 2.05) is 30.3 Å². The molecule has 80 valence electrons. The number of carbonyl (C=O) groups is 1. The van der Waals surface area contributed by atoms with Crippen LogP contribution in [0.2, 0.25) is 0 Å². The van der Waals surface area contributed by atoms with Crippen molar-refractivity contribution in [3.63, 3.8) is 0 Å². The first kappa shape index (κ1) is 11.3. The van der Waals surface area contributed by atoms with E-state index in [1.165, 1.54) is 5.56 Å². The van der Waals surface area contributed by atoms with Crippen LogP contribution in [0.25, 0.3) is 0 Å². The summed E-state index contributed by atoms with van der Waals surface area (Å²) in [4.78, 5) is 10.8. The van der Waals surface area contributed by atoms with Gasteiger partial charge in [-0.2, -0.15) is 0 Å². The number of amides is 2. The van der Waals surface area contributed by atoms with Gasteiger partial charge in [-0.1, -0.05) is 36.4 Å². The van der Waals surface area contributed by atoms with Crippen LogP contribution >= 0.6 is 0 Å². The molecular weight excluding hydrogens is 188 g/mol. The number of carbonyl (C=O) groups excluding carboxylic acids is 1. The molecule has 15 heavy (non-hydrogen) atoms. The van der Waals surface area contributed by atoms with Crippen molar-refractivity contribution in [1.82, 2.24) is 5.32 Å². The molecule has 0 heterocycles. The zero-order chi connectivity index (χ0) is 11.1. The van der Waals surface area contributed by atoms with Crippen LogP contribution in [0, 0.1) is 0 Å². The fourth-order valence-corrected chi connectivity index (χ4v) is 1.49. The number of urea groups is 1. The van der Waals surface area contributed by atoms with E-state index >= 15 is 0 Å². The van der Waals surface area contributed by atoms with E-state index < -0.39 is 6.03 Å². The van der Waals surface area contributed by atoms with Crippen LogP contribution in [0.3, 0.4) is 0 Å². The van der Waals surface area contributed by atoms with Crippen molar-refractivity contribution in [1.29, 1.82) is 0 Å². The van der Waals surface area contributed by atoms with Crippen LogP contribution in [0.1, 0.15) is 12.0 Å². The Morgan fingerprint density at radius 1 is 1.47 bits per heavy atom. The van der Waals surface area contributed by atoms with Crippen LogP contribution in [-0.4, -0.2) is 12.1 Å². The van der Waals surface area contributed by atoms with Crippen LogP contribution in [-0.2, 0) is 6.42 Å². The van der Waals surface area contributed by atoms with Gasteiger partial charge in [-0.3, -0.25) is 0 Å². The molecule has 3 N–H and O–H groups in total. The van der Waals surface area contributed by atoms with E-state index in [0.29, 0.717) is 0 Å². The number of rotatable bonds is 5. The Kier molecular flexibility index (Phi) is 4.41. The second kappa shape index (κ2) is 5.86. The lowest BCUT2D eigenvalue weighted by molar-refractivity contribution is 0.245. The molecule has 0 fully saturated rings. The van der Waals surface area contributed by atoms with Gasteiger partial charge in [0.25, 0.3) is 0 Å². The van der Waals surface area contributed by atoms with Gasteiger partial charge in [0.2, 0.25) is 0 Å². The van der Waals surface area contributed by atoms with Crippen LogP contribution in [0.5, 0.6) is 0 Å². The summed E-state index contributed by atoms with van der Waals surface area (Å²) in [5.41, 5.74) is 6.27. The average molecular weight is 204 g/mol. The number of benzene rings is 1. The van der Waals surface area contributed by atoms with E-state index in [1.54, 1.807) is 6.08 Å². The summed E-state index contributed by atoms with van der Waals surface area (Å²) in [7, 11) is 0. The zero-order valence-electron chi connectivity index (χ0n) is 8.65. The van der Waals surface area contributed by atoms with Crippen molar-refractivity contribution in [2.75, 3.05) is 0 Å². The van der Waals surface area contributed by atoms with E-state index in [4.69, 9.17) is 5.73 Å². The number of nitrogens with one attached hydrogen (secondary N) is 1. The monoisotopic (exact) mass is 204 g/mol. The molecule has 2 amide bonds. The molecule has 1 atom stereocenters. The summed E-state index contributed by atoms with van der Waals surface area (Å²) < 4.78 is 0. The number of primary amides is 1. The molecule has 0 saturated carbocycles. The fraction of sp³-hybridized carbons (Fsp3) is 0.250. The number of nitrogens with two attached hydrogens (primary N) is 1. The topological polar surface area (TPSA) is 55.1 Å². The van der Waals surface area contributed by atoms with E-state index in [0.717, 1.165) is 12.8 Å². The van der Waals surface area contributed by atoms with E-state index in [9.17, 15) is 4.79 Å². The van der Waals surface area contributed by atoms with Gasteiger partial charge in [-0.05, 0) is 18.4 Å². The summed E-state index contributed by atoms with van der Waals surface area (Å²) in [6.45, 7) is 3.66. The Labute approximate surface area is 90.0 Å². The third-order valence-electron chi connectivity index (χ3n) is 2.12. The maximum atomic E-state index is 10.8. The molecule has 1 aromatic carbocycles. The molecule has 0 aliphatic heterocycles. The second-order valence-electron chi connectivity index (χ2n) is 3.42. The third kappa shape index (κ3) is 4.31. The van der Waals surface area contributed by atoms with Gasteiger partial charge in [-0.25, -0.2) is 4.79 Å². The van der Waals surface area contributed by atoms with Crippen molar-refractivity contribution >= 4 is 6.03 Å². The Morgan fingerprint density at radius 3 is 2.67 bits per heavy atom. The standard InChI is InChI=1S/C12H16N2O/c1-2-6-11(14-12(13)15)9-10-7-4-3-5-8-10/h2-5,7-8,11H,1,6,9H2,(H3,13,14,15). The van der Waals surface area contributed by atoms with Gasteiger partial charge in [0.15, 0.2) is 0 Å². The molecule has 0 bridgehead atoms. The van der Waals surface area contributed by atoms with Gasteiger partial charge >= 0.3 is 6.03 Å². The minimum atomic E-state index is -0.488.